The molecule has 9 aromatic rings. The molecule has 2 heterocycles. The molecule has 0 bridgehead atoms. The fourth-order valence-electron chi connectivity index (χ4n) is 7.33. The number of pyridine rings is 2. The maximum absolute atomic E-state index is 4.86. The third-order valence-corrected chi connectivity index (χ3v) is 9.64. The van der Waals surface area contributed by atoms with Crippen LogP contribution < -0.4 is 0 Å². The fraction of sp³-hybridized carbons (Fsp3) is 0. The van der Waals surface area contributed by atoms with Crippen molar-refractivity contribution in [2.24, 2.45) is 0 Å². The molecule has 2 aromatic heterocycles. The molecule has 0 aliphatic rings. The Morgan fingerprint density at radius 1 is 0.300 bits per heavy atom. The smallest absolute Gasteiger partial charge is 0.0717 e. The number of benzene rings is 7. The van der Waals surface area contributed by atoms with E-state index >= 15 is 0 Å². The van der Waals surface area contributed by atoms with Crippen molar-refractivity contribution < 1.29 is 0 Å². The van der Waals surface area contributed by atoms with Crippen molar-refractivity contribution in [1.29, 1.82) is 0 Å². The second-order valence-electron chi connectivity index (χ2n) is 12.6. The van der Waals surface area contributed by atoms with E-state index in [0.29, 0.717) is 0 Å². The van der Waals surface area contributed by atoms with Crippen LogP contribution in [0.2, 0.25) is 0 Å². The number of hydrogen-bond acceptors (Lipinski definition) is 2. The van der Waals surface area contributed by atoms with Crippen LogP contribution in [-0.2, 0) is 0 Å². The first-order valence-corrected chi connectivity index (χ1v) is 17.0. The predicted octanol–water partition coefficient (Wildman–Crippen LogP) is 12.8. The van der Waals surface area contributed by atoms with Crippen LogP contribution >= 0.6 is 0 Å². The topological polar surface area (TPSA) is 25.8 Å². The lowest BCUT2D eigenvalue weighted by Gasteiger charge is -2.21. The number of nitrogens with zero attached hydrogens (tertiary/aromatic N) is 2. The number of hydrogen-bond donors (Lipinski definition) is 0. The van der Waals surface area contributed by atoms with Gasteiger partial charge in [0.1, 0.15) is 0 Å². The molecule has 0 saturated heterocycles. The Kier molecular flexibility index (Phi) is 7.53. The summed E-state index contributed by atoms with van der Waals surface area (Å²) in [7, 11) is 0. The van der Waals surface area contributed by atoms with Crippen LogP contribution in [0, 0.1) is 0 Å². The second kappa shape index (κ2) is 12.8. The monoisotopic (exact) mass is 636 g/mol. The Bertz CT molecular complexity index is 2610. The van der Waals surface area contributed by atoms with Gasteiger partial charge >= 0.3 is 0 Å². The first kappa shape index (κ1) is 29.5. The lowest BCUT2D eigenvalue weighted by atomic mass is 9.81. The van der Waals surface area contributed by atoms with Crippen molar-refractivity contribution in [1.82, 2.24) is 9.97 Å². The van der Waals surface area contributed by atoms with E-state index in [0.717, 1.165) is 22.4 Å². The van der Waals surface area contributed by atoms with Crippen LogP contribution in [0.4, 0.5) is 0 Å². The fourth-order valence-corrected chi connectivity index (χ4v) is 7.33. The Morgan fingerprint density at radius 2 is 0.800 bits per heavy atom. The first-order valence-electron chi connectivity index (χ1n) is 17.0. The number of aromatic nitrogens is 2. The van der Waals surface area contributed by atoms with E-state index in [4.69, 9.17) is 4.98 Å². The molecule has 0 unspecified atom stereocenters. The van der Waals surface area contributed by atoms with Crippen molar-refractivity contribution >= 4 is 21.5 Å². The van der Waals surface area contributed by atoms with Gasteiger partial charge in [0.15, 0.2) is 0 Å². The quantitative estimate of drug-likeness (QED) is 0.170. The summed E-state index contributed by atoms with van der Waals surface area (Å²) in [4.78, 5) is 9.15. The molecule has 0 N–H and O–H groups in total. The summed E-state index contributed by atoms with van der Waals surface area (Å²) < 4.78 is 0. The highest BCUT2D eigenvalue weighted by atomic mass is 14.7. The Morgan fingerprint density at radius 3 is 1.36 bits per heavy atom. The van der Waals surface area contributed by atoms with E-state index < -0.39 is 0 Å². The lowest BCUT2D eigenvalue weighted by Crippen LogP contribution is -1.95. The van der Waals surface area contributed by atoms with Gasteiger partial charge in [-0.15, -0.1) is 0 Å². The predicted molar refractivity (Wildman–Crippen MR) is 210 cm³/mol. The lowest BCUT2D eigenvalue weighted by molar-refractivity contribution is 1.28. The van der Waals surface area contributed by atoms with Crippen LogP contribution in [-0.4, -0.2) is 9.97 Å². The van der Waals surface area contributed by atoms with Crippen molar-refractivity contribution in [2.45, 2.75) is 0 Å². The molecule has 0 aliphatic heterocycles. The Hall–Kier alpha value is -6.64. The second-order valence-corrected chi connectivity index (χ2v) is 12.6. The van der Waals surface area contributed by atoms with Crippen LogP contribution in [0.5, 0.6) is 0 Å². The highest BCUT2D eigenvalue weighted by Gasteiger charge is 2.21. The maximum atomic E-state index is 4.86. The van der Waals surface area contributed by atoms with Gasteiger partial charge < -0.3 is 0 Å². The van der Waals surface area contributed by atoms with Crippen LogP contribution in [0.15, 0.2) is 195 Å². The van der Waals surface area contributed by atoms with Gasteiger partial charge in [0.05, 0.1) is 5.69 Å². The van der Waals surface area contributed by atoms with Crippen LogP contribution in [0.3, 0.4) is 0 Å². The van der Waals surface area contributed by atoms with Crippen molar-refractivity contribution in [2.75, 3.05) is 0 Å². The molecule has 0 saturated carbocycles. The minimum Gasteiger partial charge on any atom is -0.264 e. The third-order valence-electron chi connectivity index (χ3n) is 9.64. The number of fused-ring (bicyclic) bond motifs is 2. The zero-order valence-electron chi connectivity index (χ0n) is 27.4. The van der Waals surface area contributed by atoms with Crippen LogP contribution in [0.25, 0.3) is 88.4 Å². The molecular formula is C48H32N2. The normalized spacial score (nSPS) is 11.2. The molecule has 0 aliphatic carbocycles. The summed E-state index contributed by atoms with van der Waals surface area (Å²) in [5.41, 5.74) is 13.9. The zero-order valence-corrected chi connectivity index (χ0v) is 27.4. The summed E-state index contributed by atoms with van der Waals surface area (Å²) >= 11 is 0. The molecule has 0 spiro atoms. The van der Waals surface area contributed by atoms with Crippen molar-refractivity contribution in [3.05, 3.63) is 195 Å². The molecule has 234 valence electrons. The summed E-state index contributed by atoms with van der Waals surface area (Å²) in [6, 6.07) is 63.2. The minimum atomic E-state index is 0.908. The summed E-state index contributed by atoms with van der Waals surface area (Å²) in [6.07, 6.45) is 5.62. The highest BCUT2D eigenvalue weighted by Crippen LogP contribution is 2.48. The van der Waals surface area contributed by atoms with Crippen molar-refractivity contribution in [3.63, 3.8) is 0 Å². The standard InChI is InChI=1S/C48H32N2/c1-3-14-33(15-4-1)38-19-7-9-21-40(38)47-42-23-11-12-24-43(42)48(41-22-10-8-20-39(41)34-16-5-2-6-17-34)45-30-35(25-27-44(45)47)36-26-28-46(50-32-36)37-18-13-29-49-31-37/h1-32H. The van der Waals surface area contributed by atoms with Gasteiger partial charge in [0, 0.05) is 29.7 Å². The summed E-state index contributed by atoms with van der Waals surface area (Å²) in [6.45, 7) is 0. The van der Waals surface area contributed by atoms with Gasteiger partial charge in [-0.25, -0.2) is 0 Å². The van der Waals surface area contributed by atoms with E-state index in [1.165, 1.54) is 66.1 Å². The van der Waals surface area contributed by atoms with E-state index in [-0.39, 0.29) is 0 Å². The van der Waals surface area contributed by atoms with Gasteiger partial charge in [-0.2, -0.15) is 0 Å². The molecule has 0 fully saturated rings. The first-order chi connectivity index (χ1) is 24.8. The van der Waals surface area contributed by atoms with Gasteiger partial charge in [-0.1, -0.05) is 152 Å². The van der Waals surface area contributed by atoms with E-state index in [1.54, 1.807) is 6.20 Å². The molecule has 2 heteroatoms. The molecular weight excluding hydrogens is 605 g/mol. The zero-order chi connectivity index (χ0) is 33.3. The van der Waals surface area contributed by atoms with Crippen molar-refractivity contribution in [3.8, 4) is 66.9 Å². The maximum Gasteiger partial charge on any atom is 0.0717 e. The highest BCUT2D eigenvalue weighted by molar-refractivity contribution is 6.23. The molecule has 0 atom stereocenters. The SMILES string of the molecule is c1ccc(-c2ccccc2-c2c3ccccc3c(-c3ccccc3-c3ccccc3)c3cc(-c4ccc(-c5cccnc5)nc4)ccc23)cc1. The van der Waals surface area contributed by atoms with Gasteiger partial charge in [-0.3, -0.25) is 9.97 Å². The van der Waals surface area contributed by atoms with Gasteiger partial charge in [0.25, 0.3) is 0 Å². The van der Waals surface area contributed by atoms with Crippen LogP contribution in [0.1, 0.15) is 0 Å². The molecule has 0 radical (unpaired) electrons. The summed E-state index contributed by atoms with van der Waals surface area (Å²) in [5.74, 6) is 0. The third kappa shape index (κ3) is 5.24. The molecule has 50 heavy (non-hydrogen) atoms. The Labute approximate surface area is 292 Å². The Balaban J connectivity index is 1.36. The minimum absolute atomic E-state index is 0.908. The summed E-state index contributed by atoms with van der Waals surface area (Å²) in [5, 5.41) is 4.88. The number of rotatable bonds is 6. The largest absolute Gasteiger partial charge is 0.264 e. The van der Waals surface area contributed by atoms with E-state index in [2.05, 4.69) is 169 Å². The van der Waals surface area contributed by atoms with E-state index in [9.17, 15) is 0 Å². The van der Waals surface area contributed by atoms with Gasteiger partial charge in [0.2, 0.25) is 0 Å². The molecule has 0 amide bonds. The average Bonchev–Trinajstić information content (AvgIpc) is 3.21. The van der Waals surface area contributed by atoms with E-state index in [1.807, 2.05) is 24.5 Å². The average molecular weight is 637 g/mol. The van der Waals surface area contributed by atoms with Gasteiger partial charge in [-0.05, 0) is 95.9 Å². The molecule has 7 aromatic carbocycles. The molecule has 2 nitrogen and oxygen atoms in total. The molecule has 9 rings (SSSR count).